The van der Waals surface area contributed by atoms with Crippen LogP contribution in [0.3, 0.4) is 0 Å². The molecule has 0 aliphatic rings. The lowest BCUT2D eigenvalue weighted by Crippen LogP contribution is -2.20. The molecule has 0 aromatic heterocycles. The number of hydrogen-bond donors (Lipinski definition) is 2. The third-order valence-electron chi connectivity index (χ3n) is 2.82. The Hall–Kier alpha value is -1.56. The third kappa shape index (κ3) is 3.50. The van der Waals surface area contributed by atoms with Crippen LogP contribution in [0.5, 0.6) is 0 Å². The van der Waals surface area contributed by atoms with Crippen molar-refractivity contribution in [2.75, 3.05) is 12.4 Å². The molecule has 0 heterocycles. The summed E-state index contributed by atoms with van der Waals surface area (Å²) in [5.41, 5.74) is 1.54. The van der Waals surface area contributed by atoms with Gasteiger partial charge in [0.15, 0.2) is 0 Å². The molecular weight excluding hydrogens is 296 g/mol. The zero-order valence-corrected chi connectivity index (χ0v) is 12.5. The van der Waals surface area contributed by atoms with E-state index in [1.165, 1.54) is 7.05 Å². The molecule has 0 bridgehead atoms. The van der Waals surface area contributed by atoms with Crippen LogP contribution in [0.4, 0.5) is 5.69 Å². The number of nitrogens with one attached hydrogen (secondary N) is 2. The summed E-state index contributed by atoms with van der Waals surface area (Å²) < 4.78 is 26.1. The molecular formula is C14H15ClN2O2S. The van der Waals surface area contributed by atoms with Gasteiger partial charge in [0.1, 0.15) is 4.90 Å². The fourth-order valence-corrected chi connectivity index (χ4v) is 2.92. The Morgan fingerprint density at radius 2 is 1.85 bits per heavy atom. The summed E-state index contributed by atoms with van der Waals surface area (Å²) >= 11 is 5.92. The topological polar surface area (TPSA) is 58.2 Å². The molecule has 0 saturated heterocycles. The van der Waals surface area contributed by atoms with Crippen LogP contribution in [0.25, 0.3) is 0 Å². The Balaban J connectivity index is 2.22. The first-order valence-electron chi connectivity index (χ1n) is 6.04. The van der Waals surface area contributed by atoms with Gasteiger partial charge in [-0.05, 0) is 36.9 Å². The Morgan fingerprint density at radius 3 is 2.55 bits per heavy atom. The van der Waals surface area contributed by atoms with E-state index >= 15 is 0 Å². The van der Waals surface area contributed by atoms with Gasteiger partial charge in [-0.1, -0.05) is 35.9 Å². The first kappa shape index (κ1) is 14.8. The largest absolute Gasteiger partial charge is 0.380 e. The average Bonchev–Trinajstić information content (AvgIpc) is 2.45. The van der Waals surface area contributed by atoms with Gasteiger partial charge in [-0.3, -0.25) is 0 Å². The van der Waals surface area contributed by atoms with E-state index in [-0.39, 0.29) is 4.90 Å². The van der Waals surface area contributed by atoms with E-state index in [0.717, 1.165) is 5.56 Å². The summed E-state index contributed by atoms with van der Waals surface area (Å²) in [4.78, 5) is 0.226. The summed E-state index contributed by atoms with van der Waals surface area (Å²) in [6, 6.07) is 14.2. The zero-order chi connectivity index (χ0) is 14.6. The monoisotopic (exact) mass is 310 g/mol. The van der Waals surface area contributed by atoms with Crippen LogP contribution in [0, 0.1) is 0 Å². The molecule has 106 valence electrons. The summed E-state index contributed by atoms with van der Waals surface area (Å²) in [5.74, 6) is 0. The molecule has 2 aromatic rings. The van der Waals surface area contributed by atoms with E-state index in [4.69, 9.17) is 11.6 Å². The van der Waals surface area contributed by atoms with Crippen LogP contribution < -0.4 is 10.0 Å². The second kappa shape index (κ2) is 6.26. The van der Waals surface area contributed by atoms with E-state index in [1.807, 2.05) is 18.2 Å². The van der Waals surface area contributed by atoms with Gasteiger partial charge in [-0.2, -0.15) is 0 Å². The van der Waals surface area contributed by atoms with Crippen molar-refractivity contribution in [1.29, 1.82) is 0 Å². The van der Waals surface area contributed by atoms with Crippen LogP contribution in [-0.4, -0.2) is 15.5 Å². The second-order valence-electron chi connectivity index (χ2n) is 4.19. The lowest BCUT2D eigenvalue weighted by Gasteiger charge is -2.12. The standard InChI is InChI=1S/C14H15ClN2O2S/c1-16-20(18,19)14-8-3-2-7-13(14)17-10-11-5-4-6-12(15)9-11/h2-9,16-17H,10H2,1H3. The van der Waals surface area contributed by atoms with Gasteiger partial charge >= 0.3 is 0 Å². The molecule has 0 saturated carbocycles. The number of rotatable bonds is 5. The lowest BCUT2D eigenvalue weighted by molar-refractivity contribution is 0.588. The molecule has 0 atom stereocenters. The van der Waals surface area contributed by atoms with Gasteiger partial charge in [-0.15, -0.1) is 0 Å². The predicted molar refractivity (Wildman–Crippen MR) is 81.5 cm³/mol. The number of hydrogen-bond acceptors (Lipinski definition) is 3. The van der Waals surface area contributed by atoms with Crippen LogP contribution in [0.15, 0.2) is 53.4 Å². The van der Waals surface area contributed by atoms with Gasteiger partial charge < -0.3 is 5.32 Å². The fraction of sp³-hybridized carbons (Fsp3) is 0.143. The van der Waals surface area contributed by atoms with Crippen molar-refractivity contribution in [3.05, 3.63) is 59.1 Å². The van der Waals surface area contributed by atoms with Crippen molar-refractivity contribution in [3.8, 4) is 0 Å². The second-order valence-corrected chi connectivity index (χ2v) is 6.48. The van der Waals surface area contributed by atoms with Gasteiger partial charge in [0, 0.05) is 11.6 Å². The van der Waals surface area contributed by atoms with Gasteiger partial charge in [0.05, 0.1) is 5.69 Å². The highest BCUT2D eigenvalue weighted by atomic mass is 35.5. The highest BCUT2D eigenvalue weighted by Gasteiger charge is 2.15. The molecule has 0 spiro atoms. The van der Waals surface area contributed by atoms with E-state index in [2.05, 4.69) is 10.0 Å². The highest BCUT2D eigenvalue weighted by Crippen LogP contribution is 2.21. The molecule has 4 nitrogen and oxygen atoms in total. The molecule has 2 N–H and O–H groups in total. The minimum absolute atomic E-state index is 0.226. The third-order valence-corrected chi connectivity index (χ3v) is 4.52. The number of sulfonamides is 1. The number of benzene rings is 2. The Morgan fingerprint density at radius 1 is 1.10 bits per heavy atom. The summed E-state index contributed by atoms with van der Waals surface area (Å²) in [6.45, 7) is 0.497. The molecule has 0 amide bonds. The maximum atomic E-state index is 11.9. The molecule has 2 aromatic carbocycles. The smallest absolute Gasteiger partial charge is 0.242 e. The minimum Gasteiger partial charge on any atom is -0.380 e. The maximum absolute atomic E-state index is 11.9. The first-order valence-corrected chi connectivity index (χ1v) is 7.90. The molecule has 20 heavy (non-hydrogen) atoms. The summed E-state index contributed by atoms with van der Waals surface area (Å²) in [5, 5.41) is 3.77. The molecule has 2 rings (SSSR count). The van der Waals surface area contributed by atoms with Crippen molar-refractivity contribution in [2.24, 2.45) is 0 Å². The van der Waals surface area contributed by atoms with Crippen molar-refractivity contribution in [3.63, 3.8) is 0 Å². The summed E-state index contributed by atoms with van der Waals surface area (Å²) in [6.07, 6.45) is 0. The van der Waals surface area contributed by atoms with Crippen molar-refractivity contribution in [1.82, 2.24) is 4.72 Å². The number of halogens is 1. The molecule has 0 unspecified atom stereocenters. The van der Waals surface area contributed by atoms with E-state index in [1.54, 1.807) is 30.3 Å². The van der Waals surface area contributed by atoms with Gasteiger partial charge in [0.2, 0.25) is 10.0 Å². The van der Waals surface area contributed by atoms with E-state index in [0.29, 0.717) is 17.3 Å². The molecule has 0 aliphatic carbocycles. The SMILES string of the molecule is CNS(=O)(=O)c1ccccc1NCc1cccc(Cl)c1. The maximum Gasteiger partial charge on any atom is 0.242 e. The van der Waals surface area contributed by atoms with Gasteiger partial charge in [0.25, 0.3) is 0 Å². The predicted octanol–water partition coefficient (Wildman–Crippen LogP) is 2.86. The van der Waals surface area contributed by atoms with Crippen LogP contribution >= 0.6 is 11.6 Å². The average molecular weight is 311 g/mol. The first-order chi connectivity index (χ1) is 9.53. The quantitative estimate of drug-likeness (QED) is 0.893. The lowest BCUT2D eigenvalue weighted by atomic mass is 10.2. The highest BCUT2D eigenvalue weighted by molar-refractivity contribution is 7.89. The molecule has 0 fully saturated rings. The normalized spacial score (nSPS) is 11.3. The van der Waals surface area contributed by atoms with Crippen LogP contribution in [-0.2, 0) is 16.6 Å². The van der Waals surface area contributed by atoms with Crippen molar-refractivity contribution in [2.45, 2.75) is 11.4 Å². The molecule has 0 aliphatic heterocycles. The Bertz CT molecular complexity index is 702. The Kier molecular flexibility index (Phi) is 4.65. The van der Waals surface area contributed by atoms with Crippen LogP contribution in [0.2, 0.25) is 5.02 Å². The molecule has 0 radical (unpaired) electrons. The molecule has 6 heteroatoms. The fourth-order valence-electron chi connectivity index (χ4n) is 1.80. The summed E-state index contributed by atoms with van der Waals surface area (Å²) in [7, 11) is -2.09. The van der Waals surface area contributed by atoms with Gasteiger partial charge in [-0.25, -0.2) is 13.1 Å². The van der Waals surface area contributed by atoms with Crippen molar-refractivity contribution < 1.29 is 8.42 Å². The van der Waals surface area contributed by atoms with E-state index < -0.39 is 10.0 Å². The van der Waals surface area contributed by atoms with Crippen LogP contribution in [0.1, 0.15) is 5.56 Å². The zero-order valence-electron chi connectivity index (χ0n) is 10.9. The van der Waals surface area contributed by atoms with Crippen molar-refractivity contribution >= 4 is 27.3 Å². The number of para-hydroxylation sites is 1. The number of anilines is 1. The Labute approximate surface area is 123 Å². The minimum atomic E-state index is -3.48. The van der Waals surface area contributed by atoms with E-state index in [9.17, 15) is 8.42 Å².